The van der Waals surface area contributed by atoms with Crippen LogP contribution in [-0.2, 0) is 4.74 Å². The Morgan fingerprint density at radius 3 is 2.20 bits per heavy atom. The molecule has 82 valence electrons. The molecule has 0 aliphatic heterocycles. The largest absolute Gasteiger partial charge is 0.506 e. The molecule has 0 saturated carbocycles. The summed E-state index contributed by atoms with van der Waals surface area (Å²) >= 11 is 0. The van der Waals surface area contributed by atoms with E-state index in [1.54, 1.807) is 0 Å². The first kappa shape index (κ1) is 11.4. The number of ether oxygens (including phenoxy) is 1. The summed E-state index contributed by atoms with van der Waals surface area (Å²) in [6, 6.07) is 6.58. The molecule has 0 aliphatic rings. The minimum atomic E-state index is -4.75. The Balaban J connectivity index is 2.97. The van der Waals surface area contributed by atoms with Crippen molar-refractivity contribution in [3.8, 4) is 0 Å². The summed E-state index contributed by atoms with van der Waals surface area (Å²) in [5.41, 5.74) is -0.243. The topological polar surface area (TPSA) is 46.5 Å². The summed E-state index contributed by atoms with van der Waals surface area (Å²) in [7, 11) is 0. The number of hydrogen-bond donors (Lipinski definition) is 1. The molecule has 0 spiro atoms. The first-order valence-electron chi connectivity index (χ1n) is 3.92. The molecule has 0 saturated heterocycles. The minimum Gasteiger partial charge on any atom is -0.450 e. The Bertz CT molecular complexity index is 334. The van der Waals surface area contributed by atoms with Gasteiger partial charge in [0.1, 0.15) is 0 Å². The maximum atomic E-state index is 12.4. The third-order valence-corrected chi connectivity index (χ3v) is 1.62. The standard InChI is InChI=1S/C9H7F3O3/c10-9(11,12)7(15-8(13)14)6-4-2-1-3-5-6/h1-5,7H,(H,13,14). The molecule has 15 heavy (non-hydrogen) atoms. The van der Waals surface area contributed by atoms with Crippen LogP contribution in [0.3, 0.4) is 0 Å². The van der Waals surface area contributed by atoms with E-state index in [2.05, 4.69) is 4.74 Å². The highest BCUT2D eigenvalue weighted by Crippen LogP contribution is 2.35. The lowest BCUT2D eigenvalue weighted by Crippen LogP contribution is -2.25. The molecular formula is C9H7F3O3. The van der Waals surface area contributed by atoms with Crippen molar-refractivity contribution < 1.29 is 27.8 Å². The number of alkyl halides is 3. The summed E-state index contributed by atoms with van der Waals surface area (Å²) in [6.45, 7) is 0. The van der Waals surface area contributed by atoms with Crippen LogP contribution in [0.4, 0.5) is 18.0 Å². The number of carbonyl (C=O) groups is 1. The van der Waals surface area contributed by atoms with Crippen LogP contribution < -0.4 is 0 Å². The SMILES string of the molecule is O=C(O)OC(c1ccccc1)C(F)(F)F. The molecule has 0 aliphatic carbocycles. The summed E-state index contributed by atoms with van der Waals surface area (Å²) in [5.74, 6) is 0. The number of carboxylic acid groups (broad SMARTS) is 1. The van der Waals surface area contributed by atoms with Crippen LogP contribution in [0.25, 0.3) is 0 Å². The van der Waals surface area contributed by atoms with Crippen LogP contribution in [0.5, 0.6) is 0 Å². The van der Waals surface area contributed by atoms with Gasteiger partial charge in [0.2, 0.25) is 6.10 Å². The highest BCUT2D eigenvalue weighted by Gasteiger charge is 2.44. The fraction of sp³-hybridized carbons (Fsp3) is 0.222. The quantitative estimate of drug-likeness (QED) is 0.779. The molecule has 0 fully saturated rings. The van der Waals surface area contributed by atoms with E-state index in [0.717, 1.165) is 12.1 Å². The normalized spacial score (nSPS) is 13.3. The van der Waals surface area contributed by atoms with E-state index in [0.29, 0.717) is 0 Å². The van der Waals surface area contributed by atoms with Gasteiger partial charge in [-0.1, -0.05) is 30.3 Å². The number of hydrogen-bond acceptors (Lipinski definition) is 2. The van der Waals surface area contributed by atoms with Crippen molar-refractivity contribution in [3.63, 3.8) is 0 Å². The Hall–Kier alpha value is -1.72. The van der Waals surface area contributed by atoms with Crippen molar-refractivity contribution in [1.29, 1.82) is 0 Å². The molecule has 3 nitrogen and oxygen atoms in total. The Morgan fingerprint density at radius 1 is 1.27 bits per heavy atom. The maximum absolute atomic E-state index is 12.4. The molecule has 6 heteroatoms. The van der Waals surface area contributed by atoms with Crippen molar-refractivity contribution in [2.45, 2.75) is 12.3 Å². The monoisotopic (exact) mass is 220 g/mol. The van der Waals surface area contributed by atoms with Gasteiger partial charge in [-0.05, 0) is 0 Å². The molecular weight excluding hydrogens is 213 g/mol. The molecule has 0 aromatic heterocycles. The van der Waals surface area contributed by atoms with Crippen LogP contribution in [0, 0.1) is 0 Å². The zero-order valence-corrected chi connectivity index (χ0v) is 7.36. The fourth-order valence-corrected chi connectivity index (χ4v) is 1.05. The average Bonchev–Trinajstić information content (AvgIpc) is 2.14. The highest BCUT2D eigenvalue weighted by molar-refractivity contribution is 5.57. The molecule has 0 heterocycles. The van der Waals surface area contributed by atoms with Crippen molar-refractivity contribution in [2.75, 3.05) is 0 Å². The predicted molar refractivity (Wildman–Crippen MR) is 44.3 cm³/mol. The van der Waals surface area contributed by atoms with Crippen molar-refractivity contribution >= 4 is 6.16 Å². The molecule has 1 aromatic carbocycles. The zero-order valence-electron chi connectivity index (χ0n) is 7.36. The molecule has 1 N–H and O–H groups in total. The van der Waals surface area contributed by atoms with E-state index in [4.69, 9.17) is 5.11 Å². The highest BCUT2D eigenvalue weighted by atomic mass is 19.4. The van der Waals surface area contributed by atoms with Crippen molar-refractivity contribution in [1.82, 2.24) is 0 Å². The predicted octanol–water partition coefficient (Wildman–Crippen LogP) is 2.98. The van der Waals surface area contributed by atoms with Gasteiger partial charge in [0.05, 0.1) is 0 Å². The summed E-state index contributed by atoms with van der Waals surface area (Å²) in [6.07, 6.45) is -9.14. The van der Waals surface area contributed by atoms with Gasteiger partial charge in [-0.3, -0.25) is 0 Å². The molecule has 0 bridgehead atoms. The van der Waals surface area contributed by atoms with Crippen molar-refractivity contribution in [2.24, 2.45) is 0 Å². The number of benzene rings is 1. The molecule has 0 amide bonds. The van der Waals surface area contributed by atoms with E-state index in [-0.39, 0.29) is 5.56 Å². The Morgan fingerprint density at radius 2 is 1.80 bits per heavy atom. The van der Waals surface area contributed by atoms with Gasteiger partial charge in [-0.2, -0.15) is 13.2 Å². The second-order valence-corrected chi connectivity index (χ2v) is 2.72. The van der Waals surface area contributed by atoms with E-state index >= 15 is 0 Å². The Labute approximate surface area is 83.1 Å². The van der Waals surface area contributed by atoms with Gasteiger partial charge < -0.3 is 9.84 Å². The van der Waals surface area contributed by atoms with Gasteiger partial charge in [-0.15, -0.1) is 0 Å². The minimum absolute atomic E-state index is 0.243. The molecule has 0 radical (unpaired) electrons. The smallest absolute Gasteiger partial charge is 0.450 e. The summed E-state index contributed by atoms with van der Waals surface area (Å²) < 4.78 is 40.9. The molecule has 1 unspecified atom stereocenters. The van der Waals surface area contributed by atoms with Crippen LogP contribution in [0.2, 0.25) is 0 Å². The van der Waals surface area contributed by atoms with Crippen LogP contribution in [0.15, 0.2) is 30.3 Å². The lowest BCUT2D eigenvalue weighted by molar-refractivity contribution is -0.210. The van der Waals surface area contributed by atoms with Gasteiger partial charge in [-0.25, -0.2) is 4.79 Å². The van der Waals surface area contributed by atoms with Gasteiger partial charge in [0.15, 0.2) is 0 Å². The van der Waals surface area contributed by atoms with Crippen LogP contribution in [0.1, 0.15) is 11.7 Å². The number of halogens is 3. The molecule has 1 rings (SSSR count). The molecule has 1 aromatic rings. The lowest BCUT2D eigenvalue weighted by atomic mass is 10.1. The fourth-order valence-electron chi connectivity index (χ4n) is 1.05. The van der Waals surface area contributed by atoms with E-state index in [1.165, 1.54) is 18.2 Å². The molecule has 1 atom stereocenters. The van der Waals surface area contributed by atoms with E-state index in [9.17, 15) is 18.0 Å². The average molecular weight is 220 g/mol. The third kappa shape index (κ3) is 3.16. The van der Waals surface area contributed by atoms with E-state index in [1.807, 2.05) is 0 Å². The lowest BCUT2D eigenvalue weighted by Gasteiger charge is -2.18. The second-order valence-electron chi connectivity index (χ2n) is 2.72. The van der Waals surface area contributed by atoms with Crippen LogP contribution in [-0.4, -0.2) is 17.4 Å². The van der Waals surface area contributed by atoms with Crippen molar-refractivity contribution in [3.05, 3.63) is 35.9 Å². The number of rotatable bonds is 2. The van der Waals surface area contributed by atoms with E-state index < -0.39 is 18.4 Å². The summed E-state index contributed by atoms with van der Waals surface area (Å²) in [5, 5.41) is 8.19. The third-order valence-electron chi connectivity index (χ3n) is 1.62. The maximum Gasteiger partial charge on any atom is 0.506 e. The first-order valence-corrected chi connectivity index (χ1v) is 3.92. The second kappa shape index (κ2) is 4.20. The van der Waals surface area contributed by atoms with Gasteiger partial charge in [0, 0.05) is 5.56 Å². The van der Waals surface area contributed by atoms with Crippen LogP contribution >= 0.6 is 0 Å². The first-order chi connectivity index (χ1) is 6.91. The zero-order chi connectivity index (χ0) is 11.5. The van der Waals surface area contributed by atoms with Gasteiger partial charge in [0.25, 0.3) is 0 Å². The summed E-state index contributed by atoms with van der Waals surface area (Å²) in [4.78, 5) is 10.1. The van der Waals surface area contributed by atoms with Gasteiger partial charge >= 0.3 is 12.3 Å². The Kier molecular flexibility index (Phi) is 3.18.